The van der Waals surface area contributed by atoms with Gasteiger partial charge in [0.15, 0.2) is 5.65 Å². The van der Waals surface area contributed by atoms with Gasteiger partial charge >= 0.3 is 0 Å². The first-order chi connectivity index (χ1) is 16.0. The van der Waals surface area contributed by atoms with Crippen molar-refractivity contribution in [1.82, 2.24) is 24.6 Å². The van der Waals surface area contributed by atoms with Crippen molar-refractivity contribution in [1.29, 1.82) is 0 Å². The molecule has 1 amide bonds. The van der Waals surface area contributed by atoms with Gasteiger partial charge in [0.05, 0.1) is 11.3 Å². The van der Waals surface area contributed by atoms with Crippen LogP contribution in [0, 0.1) is 19.7 Å². The topological polar surface area (TPSA) is 85.1 Å². The Hall–Kier alpha value is -4.46. The van der Waals surface area contributed by atoms with Crippen LogP contribution in [0.4, 0.5) is 10.2 Å². The largest absolute Gasteiger partial charge is 0.306 e. The van der Waals surface area contributed by atoms with Crippen molar-refractivity contribution in [3.63, 3.8) is 0 Å². The molecule has 0 saturated carbocycles. The van der Waals surface area contributed by atoms with Gasteiger partial charge < -0.3 is 5.32 Å². The number of hydrogen-bond donors (Lipinski definition) is 1. The van der Waals surface area contributed by atoms with E-state index in [1.54, 1.807) is 60.2 Å². The smallest absolute Gasteiger partial charge is 0.258 e. The van der Waals surface area contributed by atoms with Gasteiger partial charge in [0, 0.05) is 35.4 Å². The molecule has 0 fully saturated rings. The predicted octanol–water partition coefficient (Wildman–Crippen LogP) is 4.86. The summed E-state index contributed by atoms with van der Waals surface area (Å²) in [6.07, 6.45) is 4.81. The van der Waals surface area contributed by atoms with Gasteiger partial charge in [-0.3, -0.25) is 9.78 Å². The maximum absolute atomic E-state index is 13.9. The first-order valence-electron chi connectivity index (χ1n) is 10.3. The first-order valence-corrected chi connectivity index (χ1v) is 10.3. The summed E-state index contributed by atoms with van der Waals surface area (Å²) < 4.78 is 15.6. The number of pyridine rings is 2. The molecule has 1 aromatic carbocycles. The molecule has 5 rings (SSSR count). The van der Waals surface area contributed by atoms with Crippen LogP contribution < -0.4 is 5.32 Å². The van der Waals surface area contributed by atoms with Gasteiger partial charge in [-0.15, -0.1) is 0 Å². The van der Waals surface area contributed by atoms with Gasteiger partial charge in [-0.1, -0.05) is 0 Å². The van der Waals surface area contributed by atoms with Crippen molar-refractivity contribution in [3.05, 3.63) is 95.8 Å². The molecular formula is C25H19FN6O. The van der Waals surface area contributed by atoms with Gasteiger partial charge in [-0.2, -0.15) is 5.10 Å². The quantitative estimate of drug-likeness (QED) is 0.433. The maximum Gasteiger partial charge on any atom is 0.258 e. The summed E-state index contributed by atoms with van der Waals surface area (Å²) in [6, 6.07) is 15.6. The van der Waals surface area contributed by atoms with Crippen molar-refractivity contribution in [3.8, 4) is 22.5 Å². The normalized spacial score (nSPS) is 11.0. The highest BCUT2D eigenvalue weighted by atomic mass is 19.1. The molecule has 0 aliphatic rings. The average molecular weight is 438 g/mol. The Kier molecular flexibility index (Phi) is 5.10. The number of nitrogens with one attached hydrogen (secondary N) is 1. The molecule has 0 bridgehead atoms. The van der Waals surface area contributed by atoms with E-state index in [1.165, 1.54) is 12.3 Å². The summed E-state index contributed by atoms with van der Waals surface area (Å²) in [6.45, 7) is 3.57. The number of rotatable bonds is 4. The SMILES string of the molecule is Cc1ccc(C(=O)Nc2cc(-c3c(-c4ccc(F)c(C)c4)nc4cccnn34)ccn2)cn1. The number of aromatic nitrogens is 5. The molecule has 4 aromatic heterocycles. The van der Waals surface area contributed by atoms with Crippen LogP contribution in [-0.4, -0.2) is 30.5 Å². The van der Waals surface area contributed by atoms with E-state index in [9.17, 15) is 9.18 Å². The summed E-state index contributed by atoms with van der Waals surface area (Å²) in [5.41, 5.74) is 5.33. The van der Waals surface area contributed by atoms with E-state index in [1.807, 2.05) is 19.1 Å². The van der Waals surface area contributed by atoms with E-state index < -0.39 is 0 Å². The van der Waals surface area contributed by atoms with Gasteiger partial charge in [-0.05, 0) is 74.0 Å². The van der Waals surface area contributed by atoms with Gasteiger partial charge in [0.25, 0.3) is 5.91 Å². The summed E-state index contributed by atoms with van der Waals surface area (Å²) >= 11 is 0. The summed E-state index contributed by atoms with van der Waals surface area (Å²) in [5.74, 6) is -0.204. The maximum atomic E-state index is 13.9. The molecule has 7 nitrogen and oxygen atoms in total. The molecule has 0 radical (unpaired) electrons. The third-order valence-electron chi connectivity index (χ3n) is 5.27. The van der Waals surface area contributed by atoms with Crippen LogP contribution in [0.15, 0.2) is 73.2 Å². The number of imidazole rings is 1. The average Bonchev–Trinajstić information content (AvgIpc) is 3.21. The highest BCUT2D eigenvalue weighted by molar-refractivity contribution is 6.03. The first kappa shape index (κ1) is 20.4. The number of amides is 1. The van der Waals surface area contributed by atoms with E-state index in [-0.39, 0.29) is 11.7 Å². The Morgan fingerprint density at radius 3 is 2.64 bits per heavy atom. The molecule has 0 unspecified atom stereocenters. The zero-order chi connectivity index (χ0) is 22.9. The number of anilines is 1. The highest BCUT2D eigenvalue weighted by Gasteiger charge is 2.18. The Bertz CT molecular complexity index is 1490. The highest BCUT2D eigenvalue weighted by Crippen LogP contribution is 2.33. The minimum atomic E-state index is -0.308. The lowest BCUT2D eigenvalue weighted by molar-refractivity contribution is 0.102. The minimum absolute atomic E-state index is 0.276. The fourth-order valence-electron chi connectivity index (χ4n) is 3.58. The van der Waals surface area contributed by atoms with Crippen molar-refractivity contribution in [2.24, 2.45) is 0 Å². The Labute approximate surface area is 189 Å². The van der Waals surface area contributed by atoms with Gasteiger partial charge in [0.1, 0.15) is 17.3 Å². The van der Waals surface area contributed by atoms with Crippen LogP contribution in [0.5, 0.6) is 0 Å². The Morgan fingerprint density at radius 1 is 0.970 bits per heavy atom. The number of nitrogens with zero attached hydrogens (tertiary/aromatic N) is 5. The fourth-order valence-corrected chi connectivity index (χ4v) is 3.58. The molecule has 33 heavy (non-hydrogen) atoms. The molecule has 4 heterocycles. The van der Waals surface area contributed by atoms with Crippen LogP contribution in [0.2, 0.25) is 0 Å². The van der Waals surface area contributed by atoms with Crippen LogP contribution >= 0.6 is 0 Å². The third kappa shape index (κ3) is 3.94. The third-order valence-corrected chi connectivity index (χ3v) is 5.27. The second kappa shape index (κ2) is 8.23. The van der Waals surface area contributed by atoms with Gasteiger partial charge in [-0.25, -0.2) is 18.9 Å². The number of benzene rings is 1. The van der Waals surface area contributed by atoms with E-state index >= 15 is 0 Å². The molecule has 0 atom stereocenters. The summed E-state index contributed by atoms with van der Waals surface area (Å²) in [5, 5.41) is 7.27. The molecule has 0 aliphatic heterocycles. The summed E-state index contributed by atoms with van der Waals surface area (Å²) in [4.78, 5) is 25.8. The number of carbonyl (C=O) groups is 1. The zero-order valence-corrected chi connectivity index (χ0v) is 18.0. The molecular weight excluding hydrogens is 419 g/mol. The lowest BCUT2D eigenvalue weighted by Crippen LogP contribution is -2.13. The van der Waals surface area contributed by atoms with E-state index in [2.05, 4.69) is 20.4 Å². The van der Waals surface area contributed by atoms with Crippen molar-refractivity contribution >= 4 is 17.4 Å². The fraction of sp³-hybridized carbons (Fsp3) is 0.0800. The second-order valence-electron chi connectivity index (χ2n) is 7.64. The van der Waals surface area contributed by atoms with Crippen LogP contribution in [0.25, 0.3) is 28.2 Å². The van der Waals surface area contributed by atoms with Crippen LogP contribution in [-0.2, 0) is 0 Å². The molecule has 8 heteroatoms. The monoisotopic (exact) mass is 438 g/mol. The van der Waals surface area contributed by atoms with Crippen molar-refractivity contribution in [2.45, 2.75) is 13.8 Å². The number of fused-ring (bicyclic) bond motifs is 1. The molecule has 0 saturated heterocycles. The van der Waals surface area contributed by atoms with E-state index in [4.69, 9.17) is 4.98 Å². The van der Waals surface area contributed by atoms with Gasteiger partial charge in [0.2, 0.25) is 0 Å². The molecule has 0 aliphatic carbocycles. The molecule has 5 aromatic rings. The molecule has 0 spiro atoms. The Balaban J connectivity index is 1.58. The number of carbonyl (C=O) groups excluding carboxylic acids is 1. The molecule has 1 N–H and O–H groups in total. The van der Waals surface area contributed by atoms with Crippen molar-refractivity contribution in [2.75, 3.05) is 5.32 Å². The van der Waals surface area contributed by atoms with E-state index in [0.717, 1.165) is 16.8 Å². The lowest BCUT2D eigenvalue weighted by Gasteiger charge is -2.09. The van der Waals surface area contributed by atoms with Crippen LogP contribution in [0.3, 0.4) is 0 Å². The number of halogens is 1. The minimum Gasteiger partial charge on any atom is -0.306 e. The van der Waals surface area contributed by atoms with E-state index in [0.29, 0.717) is 34.0 Å². The van der Waals surface area contributed by atoms with Crippen molar-refractivity contribution < 1.29 is 9.18 Å². The second-order valence-corrected chi connectivity index (χ2v) is 7.64. The zero-order valence-electron chi connectivity index (χ0n) is 18.0. The van der Waals surface area contributed by atoms with Crippen LogP contribution in [0.1, 0.15) is 21.6 Å². The predicted molar refractivity (Wildman–Crippen MR) is 123 cm³/mol. The standard InChI is InChI=1S/C25H19FN6O/c1-15-12-17(7-8-20(15)26)23-24(32-22(31-23)4-3-10-29-32)18-9-11-27-21(13-18)30-25(33)19-6-5-16(2)28-14-19/h3-14H,1-2H3,(H,27,30,33). The molecule has 162 valence electrons. The Morgan fingerprint density at radius 2 is 1.85 bits per heavy atom. The number of hydrogen-bond acceptors (Lipinski definition) is 5. The lowest BCUT2D eigenvalue weighted by atomic mass is 10.0. The number of aryl methyl sites for hydroxylation is 2. The summed E-state index contributed by atoms with van der Waals surface area (Å²) in [7, 11) is 0.